The van der Waals surface area contributed by atoms with Gasteiger partial charge in [-0.2, -0.15) is 0 Å². The van der Waals surface area contributed by atoms with Gasteiger partial charge in [-0.1, -0.05) is 11.6 Å². The number of benzene rings is 1. The van der Waals surface area contributed by atoms with Gasteiger partial charge in [-0.05, 0) is 24.1 Å². The lowest BCUT2D eigenvalue weighted by molar-refractivity contribution is -0.0447. The number of aliphatic imine (C=N–C) groups is 1. The second-order valence-electron chi connectivity index (χ2n) is 6.22. The molecule has 0 amide bonds. The van der Waals surface area contributed by atoms with Crippen LogP contribution in [0, 0.1) is 0 Å². The molecule has 0 bridgehead atoms. The average molecular weight is 512 g/mol. The third kappa shape index (κ3) is 6.00. The van der Waals surface area contributed by atoms with Crippen molar-refractivity contribution in [3.8, 4) is 11.5 Å². The first-order valence-corrected chi connectivity index (χ1v) is 9.23. The van der Waals surface area contributed by atoms with Gasteiger partial charge in [0.2, 0.25) is 0 Å². The topological polar surface area (TPSA) is 64.6 Å². The van der Waals surface area contributed by atoms with E-state index in [9.17, 15) is 0 Å². The Morgan fingerprint density at radius 1 is 1.33 bits per heavy atom. The largest absolute Gasteiger partial charge is 0.486 e. The zero-order valence-corrected chi connectivity index (χ0v) is 18.8. The highest BCUT2D eigenvalue weighted by Gasteiger charge is 2.22. The molecule has 9 heteroatoms. The van der Waals surface area contributed by atoms with E-state index in [1.807, 2.05) is 12.1 Å². The highest BCUT2D eigenvalue weighted by molar-refractivity contribution is 14.0. The smallest absolute Gasteiger partial charge is 0.193 e. The lowest BCUT2D eigenvalue weighted by Gasteiger charge is -2.34. The van der Waals surface area contributed by atoms with Crippen LogP contribution in [0.2, 0.25) is 5.02 Å². The second-order valence-corrected chi connectivity index (χ2v) is 6.63. The van der Waals surface area contributed by atoms with E-state index < -0.39 is 0 Å². The monoisotopic (exact) mass is 511 g/mol. The minimum Gasteiger partial charge on any atom is -0.486 e. The number of nitrogens with one attached hydrogen (secondary N) is 1. The molecule has 0 radical (unpaired) electrons. The zero-order chi connectivity index (χ0) is 18.4. The number of morpholine rings is 1. The molecule has 27 heavy (non-hydrogen) atoms. The van der Waals surface area contributed by atoms with Crippen LogP contribution in [0.4, 0.5) is 0 Å². The van der Waals surface area contributed by atoms with Crippen molar-refractivity contribution in [1.29, 1.82) is 0 Å². The fourth-order valence-corrected chi connectivity index (χ4v) is 3.45. The quantitative estimate of drug-likeness (QED) is 0.372. The van der Waals surface area contributed by atoms with Crippen LogP contribution >= 0.6 is 35.6 Å². The molecule has 1 saturated heterocycles. The van der Waals surface area contributed by atoms with E-state index in [-0.39, 0.29) is 30.1 Å². The summed E-state index contributed by atoms with van der Waals surface area (Å²) in [5.74, 6) is 2.24. The maximum absolute atomic E-state index is 6.30. The Hall–Kier alpha value is -0.970. The lowest BCUT2D eigenvalue weighted by Crippen LogP contribution is -2.51. The summed E-state index contributed by atoms with van der Waals surface area (Å²) in [5, 5.41) is 4.01. The third-order valence-electron chi connectivity index (χ3n) is 4.36. The van der Waals surface area contributed by atoms with Gasteiger partial charge in [-0.15, -0.1) is 24.0 Å². The Morgan fingerprint density at radius 2 is 2.15 bits per heavy atom. The lowest BCUT2D eigenvalue weighted by atomic mass is 10.1. The van der Waals surface area contributed by atoms with Crippen LogP contribution in [-0.4, -0.2) is 77.2 Å². The van der Waals surface area contributed by atoms with E-state index >= 15 is 0 Å². The Kier molecular flexibility index (Phi) is 9.20. The molecular formula is C18H27ClIN3O4. The van der Waals surface area contributed by atoms with Crippen LogP contribution in [-0.2, 0) is 15.9 Å². The Bertz CT molecular complexity index is 645. The number of nitrogens with zero attached hydrogens (tertiary/aromatic N) is 2. The third-order valence-corrected chi connectivity index (χ3v) is 4.64. The number of methoxy groups -OCH3 is 1. The van der Waals surface area contributed by atoms with Gasteiger partial charge in [-0.25, -0.2) is 0 Å². The van der Waals surface area contributed by atoms with Crippen LogP contribution in [0.15, 0.2) is 17.1 Å². The van der Waals surface area contributed by atoms with Gasteiger partial charge in [-0.3, -0.25) is 4.99 Å². The number of halogens is 2. The molecule has 1 aromatic carbocycles. The first kappa shape index (κ1) is 22.3. The van der Waals surface area contributed by atoms with Crippen molar-refractivity contribution >= 4 is 41.5 Å². The minimum absolute atomic E-state index is 0. The molecular weight excluding hydrogens is 485 g/mol. The van der Waals surface area contributed by atoms with Gasteiger partial charge < -0.3 is 29.2 Å². The number of ether oxygens (including phenoxy) is 4. The standard InChI is InChI=1S/C18H26ClN3O4.HI/c1-20-18(22-5-6-24-14(11-22)12-23-2)21-4-3-13-9-15(19)17-16(10-13)25-7-8-26-17;/h9-10,14H,3-8,11-12H2,1-2H3,(H,20,21);1H. The summed E-state index contributed by atoms with van der Waals surface area (Å²) in [7, 11) is 3.48. The minimum atomic E-state index is 0. The molecule has 2 heterocycles. The van der Waals surface area contributed by atoms with Crippen LogP contribution in [0.25, 0.3) is 0 Å². The molecule has 0 aliphatic carbocycles. The summed E-state index contributed by atoms with van der Waals surface area (Å²) >= 11 is 6.30. The Balaban J connectivity index is 0.00000261. The van der Waals surface area contributed by atoms with Crippen molar-refractivity contribution < 1.29 is 18.9 Å². The van der Waals surface area contributed by atoms with Crippen LogP contribution < -0.4 is 14.8 Å². The highest BCUT2D eigenvalue weighted by Crippen LogP contribution is 2.38. The number of rotatable bonds is 5. The molecule has 0 saturated carbocycles. The Labute approximate surface area is 182 Å². The fourth-order valence-electron chi connectivity index (χ4n) is 3.16. The summed E-state index contributed by atoms with van der Waals surface area (Å²) < 4.78 is 22.1. The van der Waals surface area contributed by atoms with Gasteiger partial charge in [0.1, 0.15) is 13.2 Å². The molecule has 1 aromatic rings. The van der Waals surface area contributed by atoms with Crippen LogP contribution in [0.3, 0.4) is 0 Å². The molecule has 1 atom stereocenters. The van der Waals surface area contributed by atoms with Crippen molar-refractivity contribution in [2.24, 2.45) is 4.99 Å². The zero-order valence-electron chi connectivity index (χ0n) is 15.7. The maximum atomic E-state index is 6.30. The molecule has 2 aliphatic heterocycles. The predicted octanol–water partition coefficient (Wildman–Crippen LogP) is 2.19. The summed E-state index contributed by atoms with van der Waals surface area (Å²) in [4.78, 5) is 6.59. The first-order valence-electron chi connectivity index (χ1n) is 8.85. The molecule has 0 aromatic heterocycles. The van der Waals surface area contributed by atoms with Crippen molar-refractivity contribution in [3.05, 3.63) is 22.7 Å². The van der Waals surface area contributed by atoms with E-state index in [2.05, 4.69) is 15.2 Å². The van der Waals surface area contributed by atoms with E-state index in [0.717, 1.165) is 43.3 Å². The van der Waals surface area contributed by atoms with Gasteiger partial charge in [0.25, 0.3) is 0 Å². The highest BCUT2D eigenvalue weighted by atomic mass is 127. The number of hydrogen-bond donors (Lipinski definition) is 1. The van der Waals surface area contributed by atoms with E-state index in [4.69, 9.17) is 30.5 Å². The molecule has 3 rings (SSSR count). The maximum Gasteiger partial charge on any atom is 0.193 e. The van der Waals surface area contributed by atoms with Crippen LogP contribution in [0.5, 0.6) is 11.5 Å². The number of fused-ring (bicyclic) bond motifs is 1. The molecule has 0 spiro atoms. The summed E-state index contributed by atoms with van der Waals surface area (Å²) in [6.45, 7) is 4.68. The van der Waals surface area contributed by atoms with E-state index in [1.54, 1.807) is 14.2 Å². The van der Waals surface area contributed by atoms with Crippen molar-refractivity contribution in [1.82, 2.24) is 10.2 Å². The van der Waals surface area contributed by atoms with Gasteiger partial charge in [0.05, 0.1) is 24.3 Å². The molecule has 1 fully saturated rings. The van der Waals surface area contributed by atoms with Gasteiger partial charge in [0, 0.05) is 33.8 Å². The molecule has 1 N–H and O–H groups in total. The second kappa shape index (κ2) is 11.1. The summed E-state index contributed by atoms with van der Waals surface area (Å²) in [6, 6.07) is 3.93. The summed E-state index contributed by atoms with van der Waals surface area (Å²) in [5.41, 5.74) is 1.10. The molecule has 2 aliphatic rings. The first-order chi connectivity index (χ1) is 12.7. The Morgan fingerprint density at radius 3 is 2.93 bits per heavy atom. The van der Waals surface area contributed by atoms with Crippen molar-refractivity contribution in [2.45, 2.75) is 12.5 Å². The summed E-state index contributed by atoms with van der Waals surface area (Å²) in [6.07, 6.45) is 0.880. The molecule has 7 nitrogen and oxygen atoms in total. The van der Waals surface area contributed by atoms with Gasteiger partial charge >= 0.3 is 0 Å². The molecule has 1 unspecified atom stereocenters. The number of guanidine groups is 1. The average Bonchev–Trinajstić information content (AvgIpc) is 2.66. The van der Waals surface area contributed by atoms with E-state index in [0.29, 0.717) is 37.2 Å². The normalized spacial score (nSPS) is 19.4. The SMILES string of the molecule is CN=C(NCCc1cc(Cl)c2c(c1)OCCO2)N1CCOC(COC)C1.I. The number of hydrogen-bond acceptors (Lipinski definition) is 5. The molecule has 152 valence electrons. The van der Waals surface area contributed by atoms with E-state index in [1.165, 1.54) is 0 Å². The fraction of sp³-hybridized carbons (Fsp3) is 0.611. The van der Waals surface area contributed by atoms with Crippen molar-refractivity contribution in [3.63, 3.8) is 0 Å². The van der Waals surface area contributed by atoms with Crippen LogP contribution in [0.1, 0.15) is 5.56 Å². The predicted molar refractivity (Wildman–Crippen MR) is 116 cm³/mol. The van der Waals surface area contributed by atoms with Crippen molar-refractivity contribution in [2.75, 3.05) is 60.2 Å². The van der Waals surface area contributed by atoms with Gasteiger partial charge in [0.15, 0.2) is 17.5 Å².